The molecule has 0 aliphatic heterocycles. The van der Waals surface area contributed by atoms with Crippen LogP contribution in [0.15, 0.2) is 46.1 Å². The molecule has 29 heavy (non-hydrogen) atoms. The van der Waals surface area contributed by atoms with Crippen LogP contribution >= 0.6 is 0 Å². The van der Waals surface area contributed by atoms with Gasteiger partial charge in [0.15, 0.2) is 0 Å². The van der Waals surface area contributed by atoms with Crippen molar-refractivity contribution in [2.75, 3.05) is 5.32 Å². The molecule has 9 heteroatoms. The van der Waals surface area contributed by atoms with Crippen molar-refractivity contribution in [3.63, 3.8) is 0 Å². The van der Waals surface area contributed by atoms with Gasteiger partial charge in [0.05, 0.1) is 22.8 Å². The Kier molecular flexibility index (Phi) is 5.45. The highest BCUT2D eigenvalue weighted by Gasteiger charge is 2.18. The molecule has 1 aromatic carbocycles. The Hall–Kier alpha value is -3.93. The molecular formula is C20H20N6O3. The zero-order valence-corrected chi connectivity index (χ0v) is 16.3. The molecule has 3 rings (SSSR count). The lowest BCUT2D eigenvalue weighted by Crippen LogP contribution is -2.43. The Labute approximate surface area is 166 Å². The third-order valence-corrected chi connectivity index (χ3v) is 4.56. The van der Waals surface area contributed by atoms with Gasteiger partial charge in [-0.15, -0.1) is 0 Å². The van der Waals surface area contributed by atoms with Crippen LogP contribution in [0.4, 0.5) is 5.69 Å². The maximum atomic E-state index is 12.6. The number of nitrogens with zero attached hydrogens (tertiary/aromatic N) is 5. The molecule has 2 heterocycles. The minimum Gasteiger partial charge on any atom is -0.321 e. The van der Waals surface area contributed by atoms with E-state index in [1.165, 1.54) is 10.8 Å². The first-order valence-corrected chi connectivity index (χ1v) is 9.03. The molecule has 148 valence electrons. The van der Waals surface area contributed by atoms with Crippen LogP contribution in [0.25, 0.3) is 5.69 Å². The fraction of sp³-hybridized carbons (Fsp3) is 0.250. The van der Waals surface area contributed by atoms with E-state index in [9.17, 15) is 14.4 Å². The summed E-state index contributed by atoms with van der Waals surface area (Å²) in [4.78, 5) is 37.3. The van der Waals surface area contributed by atoms with Gasteiger partial charge >= 0.3 is 5.69 Å². The first-order valence-electron chi connectivity index (χ1n) is 9.03. The van der Waals surface area contributed by atoms with Crippen molar-refractivity contribution in [3.8, 4) is 11.8 Å². The molecule has 0 spiro atoms. The summed E-state index contributed by atoms with van der Waals surface area (Å²) in [5.74, 6) is -0.555. The first kappa shape index (κ1) is 19.8. The van der Waals surface area contributed by atoms with Crippen LogP contribution < -0.4 is 16.6 Å². The van der Waals surface area contributed by atoms with Crippen molar-refractivity contribution < 1.29 is 4.79 Å². The molecule has 1 N–H and O–H groups in total. The Morgan fingerprint density at radius 3 is 2.52 bits per heavy atom. The van der Waals surface area contributed by atoms with E-state index in [2.05, 4.69) is 10.4 Å². The van der Waals surface area contributed by atoms with Crippen LogP contribution in [0.3, 0.4) is 0 Å². The fourth-order valence-corrected chi connectivity index (χ4v) is 3.06. The maximum absolute atomic E-state index is 12.6. The highest BCUT2D eigenvalue weighted by molar-refractivity contribution is 5.91. The van der Waals surface area contributed by atoms with E-state index in [0.29, 0.717) is 17.1 Å². The van der Waals surface area contributed by atoms with Gasteiger partial charge in [-0.3, -0.25) is 14.2 Å². The highest BCUT2D eigenvalue weighted by Crippen LogP contribution is 2.22. The fourth-order valence-electron chi connectivity index (χ4n) is 3.06. The summed E-state index contributed by atoms with van der Waals surface area (Å²) in [7, 11) is 0. The molecule has 0 unspecified atom stereocenters. The van der Waals surface area contributed by atoms with E-state index in [4.69, 9.17) is 5.26 Å². The quantitative estimate of drug-likeness (QED) is 0.704. The zero-order chi connectivity index (χ0) is 21.1. The van der Waals surface area contributed by atoms with Crippen LogP contribution in [-0.4, -0.2) is 24.8 Å². The summed E-state index contributed by atoms with van der Waals surface area (Å²) in [6, 6.07) is 11.2. The number of nitrogens with one attached hydrogen (secondary N) is 1. The lowest BCUT2D eigenvalue weighted by molar-refractivity contribution is -0.116. The minimum atomic E-state index is -0.786. The number of carbonyl (C=O) groups is 1. The average molecular weight is 392 g/mol. The van der Waals surface area contributed by atoms with Gasteiger partial charge in [-0.25, -0.2) is 14.0 Å². The number of carbonyl (C=O) groups excluding carboxylic acids is 1. The predicted molar refractivity (Wildman–Crippen MR) is 107 cm³/mol. The Balaban J connectivity index is 1.92. The highest BCUT2D eigenvalue weighted by atomic mass is 16.2. The molecule has 0 saturated carbocycles. The number of anilines is 1. The van der Waals surface area contributed by atoms with E-state index < -0.39 is 23.7 Å². The van der Waals surface area contributed by atoms with E-state index >= 15 is 0 Å². The second-order valence-electron chi connectivity index (χ2n) is 6.46. The maximum Gasteiger partial charge on any atom is 0.331 e. The second-order valence-corrected chi connectivity index (χ2v) is 6.46. The van der Waals surface area contributed by atoms with E-state index in [0.717, 1.165) is 10.3 Å². The lowest BCUT2D eigenvalue weighted by atomic mass is 10.3. The monoisotopic (exact) mass is 392 g/mol. The number of para-hydroxylation sites is 1. The molecule has 9 nitrogen and oxygen atoms in total. The molecule has 0 aliphatic carbocycles. The molecule has 0 saturated heterocycles. The van der Waals surface area contributed by atoms with Crippen LogP contribution in [0.2, 0.25) is 0 Å². The third-order valence-electron chi connectivity index (χ3n) is 4.56. The first-order chi connectivity index (χ1) is 13.9. The average Bonchev–Trinajstić information content (AvgIpc) is 3.00. The molecule has 3 aromatic rings. The number of rotatable bonds is 5. The van der Waals surface area contributed by atoms with Crippen LogP contribution in [-0.2, 0) is 17.9 Å². The summed E-state index contributed by atoms with van der Waals surface area (Å²) >= 11 is 0. The SMILES string of the molecule is CCn1cc(C#N)c(=O)n(CC(=O)Nc2c(C)nn(-c3ccccc3)c2C)c1=O. The molecule has 2 aromatic heterocycles. The van der Waals surface area contributed by atoms with E-state index in [-0.39, 0.29) is 12.1 Å². The van der Waals surface area contributed by atoms with Gasteiger partial charge in [-0.2, -0.15) is 10.4 Å². The number of amides is 1. The molecular weight excluding hydrogens is 372 g/mol. The van der Waals surface area contributed by atoms with Gasteiger partial charge in [-0.1, -0.05) is 18.2 Å². The van der Waals surface area contributed by atoms with Crippen molar-refractivity contribution in [1.29, 1.82) is 5.26 Å². The van der Waals surface area contributed by atoms with Crippen molar-refractivity contribution in [3.05, 3.63) is 74.3 Å². The number of hydrogen-bond donors (Lipinski definition) is 1. The van der Waals surface area contributed by atoms with Crippen molar-refractivity contribution in [2.45, 2.75) is 33.9 Å². The van der Waals surface area contributed by atoms with Gasteiger partial charge in [-0.05, 0) is 32.9 Å². The zero-order valence-electron chi connectivity index (χ0n) is 16.3. The summed E-state index contributed by atoms with van der Waals surface area (Å²) in [6.07, 6.45) is 1.21. The standard InChI is InChI=1S/C20H20N6O3/c1-4-24-11-15(10-21)19(28)25(20(24)29)12-17(27)22-18-13(2)23-26(14(18)3)16-8-6-5-7-9-16/h5-9,11H,4,12H2,1-3H3,(H,22,27). The van der Waals surface area contributed by atoms with Crippen molar-refractivity contribution >= 4 is 11.6 Å². The molecule has 0 bridgehead atoms. The van der Waals surface area contributed by atoms with Gasteiger partial charge in [0.1, 0.15) is 18.2 Å². The topological polar surface area (TPSA) is 115 Å². The third kappa shape index (κ3) is 3.73. The van der Waals surface area contributed by atoms with Gasteiger partial charge in [0, 0.05) is 12.7 Å². The van der Waals surface area contributed by atoms with Crippen LogP contribution in [0.5, 0.6) is 0 Å². The van der Waals surface area contributed by atoms with E-state index in [1.54, 1.807) is 24.6 Å². The summed E-state index contributed by atoms with van der Waals surface area (Å²) in [6.45, 7) is 5.06. The number of benzene rings is 1. The summed E-state index contributed by atoms with van der Waals surface area (Å²) < 4.78 is 3.69. The second kappa shape index (κ2) is 7.98. The predicted octanol–water partition coefficient (Wildman–Crippen LogP) is 1.34. The number of aromatic nitrogens is 4. The Bertz CT molecular complexity index is 1230. The molecule has 0 atom stereocenters. The van der Waals surface area contributed by atoms with E-state index in [1.807, 2.05) is 37.3 Å². The lowest BCUT2D eigenvalue weighted by Gasteiger charge is -2.10. The van der Waals surface area contributed by atoms with Crippen molar-refractivity contribution in [1.82, 2.24) is 18.9 Å². The molecule has 0 radical (unpaired) electrons. The van der Waals surface area contributed by atoms with Gasteiger partial charge in [0.2, 0.25) is 5.91 Å². The Morgan fingerprint density at radius 1 is 1.21 bits per heavy atom. The Morgan fingerprint density at radius 2 is 1.90 bits per heavy atom. The molecule has 0 fully saturated rings. The van der Waals surface area contributed by atoms with Crippen LogP contribution in [0.1, 0.15) is 23.9 Å². The van der Waals surface area contributed by atoms with Gasteiger partial charge in [0.25, 0.3) is 5.56 Å². The largest absolute Gasteiger partial charge is 0.331 e. The number of nitriles is 1. The summed E-state index contributed by atoms with van der Waals surface area (Å²) in [5, 5.41) is 16.3. The number of aryl methyl sites for hydroxylation is 2. The van der Waals surface area contributed by atoms with Crippen LogP contribution in [0, 0.1) is 25.2 Å². The van der Waals surface area contributed by atoms with Gasteiger partial charge < -0.3 is 5.32 Å². The molecule has 1 amide bonds. The number of hydrogen-bond acceptors (Lipinski definition) is 5. The normalized spacial score (nSPS) is 10.6. The summed E-state index contributed by atoms with van der Waals surface area (Å²) in [5.41, 5.74) is 1.06. The van der Waals surface area contributed by atoms with Crippen molar-refractivity contribution in [2.24, 2.45) is 0 Å². The minimum absolute atomic E-state index is 0.191. The molecule has 0 aliphatic rings. The smallest absolute Gasteiger partial charge is 0.321 e.